The van der Waals surface area contributed by atoms with Crippen molar-refractivity contribution < 1.29 is 48.2 Å². The molecule has 1 aromatic rings. The molecule has 11 nitrogen and oxygen atoms in total. The molecule has 5 aliphatic carbocycles. The minimum absolute atomic E-state index is 0.103. The van der Waals surface area contributed by atoms with E-state index in [0.717, 1.165) is 19.4 Å². The first kappa shape index (κ1) is 30.5. The van der Waals surface area contributed by atoms with E-state index in [1.54, 1.807) is 45.6 Å². The minimum Gasteiger partial charge on any atom is -0.455 e. The molecular weight excluding hydrogens is 570 g/mol. The van der Waals surface area contributed by atoms with E-state index >= 15 is 0 Å². The molecule has 2 N–H and O–H groups in total. The quantitative estimate of drug-likeness (QED) is 0.410. The molecule has 7 bridgehead atoms. The summed E-state index contributed by atoms with van der Waals surface area (Å²) in [4.78, 5) is 29.2. The average molecular weight is 616 g/mol. The van der Waals surface area contributed by atoms with Crippen molar-refractivity contribution in [1.82, 2.24) is 4.90 Å². The van der Waals surface area contributed by atoms with Crippen molar-refractivity contribution in [1.29, 1.82) is 0 Å². The molecule has 1 spiro atoms. The summed E-state index contributed by atoms with van der Waals surface area (Å²) in [6, 6.07) is 8.39. The van der Waals surface area contributed by atoms with Gasteiger partial charge in [0, 0.05) is 76.5 Å². The molecule has 1 saturated heterocycles. The number of rotatable bonds is 8. The summed E-state index contributed by atoms with van der Waals surface area (Å²) in [7, 11) is 8.63. The normalized spacial score (nSPS) is 49.9. The molecule has 44 heavy (non-hydrogen) atoms. The molecule has 11 unspecified atom stereocenters. The summed E-state index contributed by atoms with van der Waals surface area (Å²) in [6.45, 7) is 2.56. The number of carbonyl (C=O) groups excluding carboxylic acids is 2. The smallest absolute Gasteiger partial charge is 0.338 e. The van der Waals surface area contributed by atoms with Crippen LogP contribution in [0.4, 0.5) is 0 Å². The number of methoxy groups -OCH3 is 4. The Bertz CT molecular complexity index is 1310. The van der Waals surface area contributed by atoms with Crippen LogP contribution < -0.4 is 0 Å². The Morgan fingerprint density at radius 3 is 2.36 bits per heavy atom. The van der Waals surface area contributed by atoms with Crippen LogP contribution in [0.2, 0.25) is 0 Å². The largest absolute Gasteiger partial charge is 0.455 e. The number of fused-ring (bicyclic) bond motifs is 2. The molecule has 14 atom stereocenters. The van der Waals surface area contributed by atoms with Crippen molar-refractivity contribution >= 4 is 11.9 Å². The Morgan fingerprint density at radius 1 is 1.02 bits per heavy atom. The van der Waals surface area contributed by atoms with Crippen molar-refractivity contribution in [3.8, 4) is 0 Å². The summed E-state index contributed by atoms with van der Waals surface area (Å²) >= 11 is 0. The second-order valence-corrected chi connectivity index (χ2v) is 14.2. The molecule has 1 aliphatic heterocycles. The number of likely N-dealkylation sites (tertiary alicyclic amines) is 1. The highest BCUT2D eigenvalue weighted by Crippen LogP contribution is 2.80. The predicted molar refractivity (Wildman–Crippen MR) is 154 cm³/mol. The van der Waals surface area contributed by atoms with E-state index in [0.29, 0.717) is 12.2 Å². The Hall–Kier alpha value is -2.12. The zero-order valence-corrected chi connectivity index (χ0v) is 26.3. The topological polar surface area (TPSA) is 133 Å². The third-order valence-electron chi connectivity index (χ3n) is 12.8. The number of hydrogen-bond acceptors (Lipinski definition) is 11. The first-order chi connectivity index (χ1) is 21.0. The van der Waals surface area contributed by atoms with E-state index in [1.807, 2.05) is 6.07 Å². The van der Waals surface area contributed by atoms with Crippen molar-refractivity contribution in [2.75, 3.05) is 48.6 Å². The van der Waals surface area contributed by atoms with Crippen molar-refractivity contribution in [2.24, 2.45) is 34.5 Å². The van der Waals surface area contributed by atoms with Gasteiger partial charge in [0.1, 0.15) is 23.9 Å². The van der Waals surface area contributed by atoms with E-state index in [2.05, 4.69) is 11.9 Å². The zero-order chi connectivity index (χ0) is 31.4. The number of benzene rings is 1. The van der Waals surface area contributed by atoms with Crippen molar-refractivity contribution in [3.05, 3.63) is 35.9 Å². The molecule has 6 aliphatic rings. The van der Waals surface area contributed by atoms with Crippen LogP contribution in [-0.2, 0) is 33.2 Å². The summed E-state index contributed by atoms with van der Waals surface area (Å²) in [5.74, 6) is -2.96. The summed E-state index contributed by atoms with van der Waals surface area (Å²) in [6.07, 6.45) is -2.66. The second-order valence-electron chi connectivity index (χ2n) is 14.2. The minimum atomic E-state index is -1.76. The Balaban J connectivity index is 1.51. The molecule has 0 amide bonds. The highest BCUT2D eigenvalue weighted by molar-refractivity contribution is 5.89. The van der Waals surface area contributed by atoms with Crippen LogP contribution in [0.3, 0.4) is 0 Å². The van der Waals surface area contributed by atoms with Gasteiger partial charge in [0.05, 0.1) is 24.4 Å². The number of piperidine rings is 1. The predicted octanol–water partition coefficient (Wildman–Crippen LogP) is 1.29. The van der Waals surface area contributed by atoms with Gasteiger partial charge in [0.2, 0.25) is 0 Å². The maximum absolute atomic E-state index is 13.7. The van der Waals surface area contributed by atoms with Gasteiger partial charge in [0.25, 0.3) is 0 Å². The van der Waals surface area contributed by atoms with Gasteiger partial charge in [-0.25, -0.2) is 4.79 Å². The molecule has 1 heterocycles. The standard InChI is InChI=1S/C33H45NO10/c1-17(35)44-33-21-19(14-31(38,28(42-6)26(33)36)27(21)43-29(37)18-10-8-7-9-11-18)32-20(40-4)12-13-30(16-39-3)15-34(2)25(32)22(33)23(41-5)24(30)32/h7-11,19-28,36,38H,12-16H2,1-6H3/t19?,20?,21?,22?,23?,24?,25?,26?,27?,28?,30-,31+,32?,33+/m0/s1. The fourth-order valence-electron chi connectivity index (χ4n) is 12.3. The first-order valence-corrected chi connectivity index (χ1v) is 15.7. The van der Waals surface area contributed by atoms with Crippen LogP contribution in [-0.4, -0.2) is 123 Å². The van der Waals surface area contributed by atoms with Gasteiger partial charge >= 0.3 is 11.9 Å². The lowest BCUT2D eigenvalue weighted by atomic mass is 9.43. The third-order valence-corrected chi connectivity index (χ3v) is 12.8. The molecule has 5 saturated carbocycles. The number of ether oxygens (including phenoxy) is 6. The SMILES string of the molecule is COC[C@@]12CCC(OC)C34C5C[C@]6(O)C(OC)C(O)[C@](OC(C)=O)(C(C(OC)C31)C4N(C)C2)C5C6OC(=O)c1ccccc1. The van der Waals surface area contributed by atoms with E-state index < -0.39 is 64.8 Å². The summed E-state index contributed by atoms with van der Waals surface area (Å²) < 4.78 is 37.5. The highest BCUT2D eigenvalue weighted by Gasteiger charge is 2.91. The van der Waals surface area contributed by atoms with E-state index in [4.69, 9.17) is 28.4 Å². The Labute approximate surface area is 258 Å². The fraction of sp³-hybridized carbons (Fsp3) is 0.758. The Morgan fingerprint density at radius 2 is 1.75 bits per heavy atom. The van der Waals surface area contributed by atoms with Crippen molar-refractivity contribution in [3.63, 3.8) is 0 Å². The lowest BCUT2D eigenvalue weighted by Gasteiger charge is -2.69. The van der Waals surface area contributed by atoms with Crippen LogP contribution in [0, 0.1) is 34.5 Å². The van der Waals surface area contributed by atoms with Gasteiger partial charge in [-0.15, -0.1) is 0 Å². The van der Waals surface area contributed by atoms with Crippen LogP contribution in [0.5, 0.6) is 0 Å². The first-order valence-electron chi connectivity index (χ1n) is 15.7. The van der Waals surface area contributed by atoms with Crippen LogP contribution in [0.15, 0.2) is 30.3 Å². The van der Waals surface area contributed by atoms with Gasteiger partial charge in [-0.2, -0.15) is 0 Å². The second kappa shape index (κ2) is 10.2. The number of aliphatic hydroxyl groups excluding tert-OH is 1. The maximum atomic E-state index is 13.7. The van der Waals surface area contributed by atoms with E-state index in [1.165, 1.54) is 14.0 Å². The highest BCUT2D eigenvalue weighted by atomic mass is 16.6. The van der Waals surface area contributed by atoms with E-state index in [-0.39, 0.29) is 35.8 Å². The van der Waals surface area contributed by atoms with Gasteiger partial charge in [0.15, 0.2) is 5.60 Å². The van der Waals surface area contributed by atoms with Crippen LogP contribution in [0.25, 0.3) is 0 Å². The molecule has 11 heteroatoms. The number of carbonyl (C=O) groups is 2. The molecule has 242 valence electrons. The van der Waals surface area contributed by atoms with Gasteiger partial charge in [-0.1, -0.05) is 18.2 Å². The van der Waals surface area contributed by atoms with E-state index in [9.17, 15) is 19.8 Å². The maximum Gasteiger partial charge on any atom is 0.338 e. The fourth-order valence-corrected chi connectivity index (χ4v) is 12.3. The van der Waals surface area contributed by atoms with Crippen molar-refractivity contribution in [2.45, 2.75) is 73.9 Å². The zero-order valence-electron chi connectivity index (χ0n) is 26.3. The number of esters is 2. The molecule has 1 aromatic carbocycles. The monoisotopic (exact) mass is 615 g/mol. The number of nitrogens with zero attached hydrogens (tertiary/aromatic N) is 1. The lowest BCUT2D eigenvalue weighted by molar-refractivity contribution is -0.316. The summed E-state index contributed by atoms with van der Waals surface area (Å²) in [5.41, 5.74) is -3.93. The van der Waals surface area contributed by atoms with Gasteiger partial charge in [-0.3, -0.25) is 4.79 Å². The lowest BCUT2D eigenvalue weighted by Crippen LogP contribution is -2.80. The Kier molecular flexibility index (Phi) is 7.07. The molecule has 0 aromatic heterocycles. The molecular formula is C33H45NO10. The molecule has 0 radical (unpaired) electrons. The van der Waals surface area contributed by atoms with Gasteiger partial charge < -0.3 is 43.5 Å². The van der Waals surface area contributed by atoms with Crippen LogP contribution in [0.1, 0.15) is 36.5 Å². The number of aliphatic hydroxyl groups is 2. The average Bonchev–Trinajstić information content (AvgIpc) is 3.39. The van der Waals surface area contributed by atoms with Gasteiger partial charge in [-0.05, 0) is 44.4 Å². The number of hydrogen-bond donors (Lipinski definition) is 2. The molecule has 7 rings (SSSR count). The summed E-state index contributed by atoms with van der Waals surface area (Å²) in [5, 5.41) is 25.1. The van der Waals surface area contributed by atoms with Crippen LogP contribution >= 0.6 is 0 Å². The third kappa shape index (κ3) is 3.41. The molecule has 6 fully saturated rings.